The molecule has 1 aromatic carbocycles. The maximum absolute atomic E-state index is 10.7. The summed E-state index contributed by atoms with van der Waals surface area (Å²) >= 11 is 0. The molecule has 0 heterocycles. The van der Waals surface area contributed by atoms with Crippen LogP contribution in [-0.2, 0) is 10.1 Å². The molecular weight excluding hydrogens is 194 g/mol. The van der Waals surface area contributed by atoms with Crippen molar-refractivity contribution >= 4 is 22.1 Å². The molecule has 0 aliphatic heterocycles. The number of carbonyl (C=O) groups excluding carboxylic acids is 1. The smallest absolute Gasteiger partial charge is 0.296 e. The molecule has 0 amide bonds. The van der Waals surface area contributed by atoms with Gasteiger partial charge in [0.15, 0.2) is 6.29 Å². The van der Waals surface area contributed by atoms with Crippen LogP contribution in [0, 0.1) is 0 Å². The molecule has 1 rings (SSSR count). The molecule has 1 aromatic rings. The third-order valence-electron chi connectivity index (χ3n) is 1.50. The Morgan fingerprint density at radius 2 is 2.00 bits per heavy atom. The number of aldehydes is 1. The lowest BCUT2D eigenvalue weighted by molar-refractivity contribution is 0.112. The fraction of sp³-hybridized carbons (Fsp3) is 0. The zero-order valence-electron chi connectivity index (χ0n) is 6.47. The van der Waals surface area contributed by atoms with E-state index in [-0.39, 0.29) is 11.3 Å². The third-order valence-corrected chi connectivity index (χ3v) is 2.42. The molecule has 0 unspecified atom stereocenters. The second-order valence-electron chi connectivity index (χ2n) is 2.35. The normalized spacial score (nSPS) is 11.2. The van der Waals surface area contributed by atoms with Gasteiger partial charge in [0.25, 0.3) is 10.1 Å². The minimum atomic E-state index is -4.35. The lowest BCUT2D eigenvalue weighted by atomic mass is 10.2. The monoisotopic (exact) mass is 201 g/mol. The average molecular weight is 201 g/mol. The number of hydrogen-bond donors (Lipinski definition) is 2. The molecule has 13 heavy (non-hydrogen) atoms. The number of hydrogen-bond acceptors (Lipinski definition) is 4. The molecular formula is C7H7NO4S. The minimum absolute atomic E-state index is 0.0372. The summed E-state index contributed by atoms with van der Waals surface area (Å²) < 4.78 is 30.0. The Balaban J connectivity index is 3.50. The van der Waals surface area contributed by atoms with Crippen molar-refractivity contribution in [1.29, 1.82) is 0 Å². The Hall–Kier alpha value is -1.40. The fourth-order valence-electron chi connectivity index (χ4n) is 0.889. The van der Waals surface area contributed by atoms with Crippen molar-refractivity contribution in [2.24, 2.45) is 0 Å². The number of para-hydroxylation sites is 1. The van der Waals surface area contributed by atoms with Gasteiger partial charge in [-0.1, -0.05) is 6.07 Å². The van der Waals surface area contributed by atoms with Crippen LogP contribution in [0.3, 0.4) is 0 Å². The number of nitrogens with two attached hydrogens (primary N) is 1. The van der Waals surface area contributed by atoms with Crippen molar-refractivity contribution < 1.29 is 17.8 Å². The van der Waals surface area contributed by atoms with E-state index in [0.29, 0.717) is 6.29 Å². The van der Waals surface area contributed by atoms with Gasteiger partial charge in [-0.2, -0.15) is 8.42 Å². The first kappa shape index (κ1) is 9.69. The predicted octanol–water partition coefficient (Wildman–Crippen LogP) is 0.328. The van der Waals surface area contributed by atoms with Crippen LogP contribution in [-0.4, -0.2) is 19.3 Å². The van der Waals surface area contributed by atoms with Crippen molar-refractivity contribution in [2.75, 3.05) is 5.73 Å². The van der Waals surface area contributed by atoms with Crippen molar-refractivity contribution in [3.8, 4) is 0 Å². The molecule has 0 spiro atoms. The third kappa shape index (κ3) is 1.85. The van der Waals surface area contributed by atoms with E-state index in [2.05, 4.69) is 0 Å². The van der Waals surface area contributed by atoms with Gasteiger partial charge < -0.3 is 5.73 Å². The Morgan fingerprint density at radius 3 is 2.46 bits per heavy atom. The Labute approximate surface area is 74.9 Å². The Morgan fingerprint density at radius 1 is 1.38 bits per heavy atom. The first-order valence-electron chi connectivity index (χ1n) is 3.28. The van der Waals surface area contributed by atoms with Crippen molar-refractivity contribution in [3.05, 3.63) is 23.8 Å². The molecule has 0 fully saturated rings. The van der Waals surface area contributed by atoms with Crippen LogP contribution >= 0.6 is 0 Å². The number of anilines is 1. The minimum Gasteiger partial charge on any atom is -0.397 e. The molecule has 0 radical (unpaired) electrons. The van der Waals surface area contributed by atoms with Gasteiger partial charge >= 0.3 is 0 Å². The summed E-state index contributed by atoms with van der Waals surface area (Å²) in [6, 6.07) is 3.80. The second kappa shape index (κ2) is 3.15. The molecule has 6 heteroatoms. The lowest BCUT2D eigenvalue weighted by Gasteiger charge is -2.03. The van der Waals surface area contributed by atoms with Crippen LogP contribution < -0.4 is 5.73 Å². The van der Waals surface area contributed by atoms with E-state index in [1.54, 1.807) is 0 Å². The summed E-state index contributed by atoms with van der Waals surface area (Å²) in [7, 11) is -4.35. The predicted molar refractivity (Wildman–Crippen MR) is 46.1 cm³/mol. The van der Waals surface area contributed by atoms with Crippen molar-refractivity contribution in [1.82, 2.24) is 0 Å². The van der Waals surface area contributed by atoms with Crippen LogP contribution in [0.4, 0.5) is 5.69 Å². The van der Waals surface area contributed by atoms with Crippen molar-refractivity contribution in [2.45, 2.75) is 4.90 Å². The highest BCUT2D eigenvalue weighted by atomic mass is 32.2. The van der Waals surface area contributed by atoms with Crippen LogP contribution in [0.2, 0.25) is 0 Å². The number of rotatable bonds is 2. The highest BCUT2D eigenvalue weighted by Crippen LogP contribution is 2.20. The molecule has 0 atom stereocenters. The van der Waals surface area contributed by atoms with Crippen LogP contribution in [0.25, 0.3) is 0 Å². The molecule has 0 aromatic heterocycles. The van der Waals surface area contributed by atoms with Crippen LogP contribution in [0.1, 0.15) is 10.4 Å². The quantitative estimate of drug-likeness (QED) is 0.408. The van der Waals surface area contributed by atoms with E-state index in [1.807, 2.05) is 0 Å². The Kier molecular flexibility index (Phi) is 2.35. The first-order chi connectivity index (χ1) is 5.96. The molecule has 0 saturated heterocycles. The zero-order chi connectivity index (χ0) is 10.1. The topological polar surface area (TPSA) is 97.5 Å². The van der Waals surface area contributed by atoms with E-state index in [0.717, 1.165) is 6.07 Å². The summed E-state index contributed by atoms with van der Waals surface area (Å²) in [6.45, 7) is 0. The van der Waals surface area contributed by atoms with E-state index < -0.39 is 15.0 Å². The highest BCUT2D eigenvalue weighted by Gasteiger charge is 2.15. The van der Waals surface area contributed by atoms with Gasteiger partial charge in [-0.3, -0.25) is 9.35 Å². The van der Waals surface area contributed by atoms with Gasteiger partial charge in [-0.05, 0) is 12.1 Å². The van der Waals surface area contributed by atoms with E-state index in [1.165, 1.54) is 12.1 Å². The average Bonchev–Trinajstić information content (AvgIpc) is 2.02. The summed E-state index contributed by atoms with van der Waals surface area (Å²) in [5.41, 5.74) is 5.11. The van der Waals surface area contributed by atoms with Gasteiger partial charge in [-0.25, -0.2) is 0 Å². The molecule has 0 aliphatic carbocycles. The molecule has 3 N–H and O–H groups in total. The van der Waals surface area contributed by atoms with Gasteiger partial charge in [0.05, 0.1) is 5.69 Å². The lowest BCUT2D eigenvalue weighted by Crippen LogP contribution is -2.05. The molecule has 0 saturated carbocycles. The summed E-state index contributed by atoms with van der Waals surface area (Å²) in [6.07, 6.45) is 0.421. The van der Waals surface area contributed by atoms with E-state index in [9.17, 15) is 13.2 Å². The maximum atomic E-state index is 10.7. The summed E-state index contributed by atoms with van der Waals surface area (Å²) in [5.74, 6) is 0. The first-order valence-corrected chi connectivity index (χ1v) is 4.72. The number of carbonyl (C=O) groups is 1. The summed E-state index contributed by atoms with van der Waals surface area (Å²) in [5, 5.41) is 0. The maximum Gasteiger partial charge on any atom is 0.296 e. The van der Waals surface area contributed by atoms with Crippen LogP contribution in [0.5, 0.6) is 0 Å². The van der Waals surface area contributed by atoms with E-state index in [4.69, 9.17) is 10.3 Å². The fourth-order valence-corrected chi connectivity index (χ4v) is 1.53. The van der Waals surface area contributed by atoms with Gasteiger partial charge in [0, 0.05) is 5.56 Å². The molecule has 5 nitrogen and oxygen atoms in total. The molecule has 0 bridgehead atoms. The van der Waals surface area contributed by atoms with Gasteiger partial charge in [0.2, 0.25) is 0 Å². The SMILES string of the molecule is Nc1c(C=O)cccc1S(=O)(=O)O. The largest absolute Gasteiger partial charge is 0.397 e. The second-order valence-corrected chi connectivity index (χ2v) is 3.74. The van der Waals surface area contributed by atoms with Gasteiger partial charge in [-0.15, -0.1) is 0 Å². The molecule has 70 valence electrons. The standard InChI is InChI=1S/C7H7NO4S/c8-7-5(4-9)2-1-3-6(7)13(10,11)12/h1-4H,8H2,(H,10,11,12). The number of nitrogen functional groups attached to an aromatic ring is 1. The summed E-state index contributed by atoms with van der Waals surface area (Å²) in [4.78, 5) is 9.90. The van der Waals surface area contributed by atoms with Crippen molar-refractivity contribution in [3.63, 3.8) is 0 Å². The zero-order valence-corrected chi connectivity index (χ0v) is 7.28. The van der Waals surface area contributed by atoms with E-state index >= 15 is 0 Å². The molecule has 0 aliphatic rings. The number of benzene rings is 1. The van der Waals surface area contributed by atoms with Gasteiger partial charge in [0.1, 0.15) is 4.90 Å². The van der Waals surface area contributed by atoms with Crippen LogP contribution in [0.15, 0.2) is 23.1 Å². The Bertz CT molecular complexity index is 438. The highest BCUT2D eigenvalue weighted by molar-refractivity contribution is 7.86.